The molecule has 0 aliphatic carbocycles. The Hall–Kier alpha value is -3.47. The van der Waals surface area contributed by atoms with Crippen molar-refractivity contribution in [3.8, 4) is 11.5 Å². The van der Waals surface area contributed by atoms with E-state index in [0.29, 0.717) is 5.75 Å². The van der Waals surface area contributed by atoms with E-state index in [9.17, 15) is 0 Å². The first-order valence-corrected chi connectivity index (χ1v) is 7.53. The van der Waals surface area contributed by atoms with Crippen LogP contribution in [0, 0.1) is 0 Å². The topological polar surface area (TPSA) is 59.9 Å². The summed E-state index contributed by atoms with van der Waals surface area (Å²) in [5.74, 6) is 2.24. The third-order valence-electron chi connectivity index (χ3n) is 3.53. The Morgan fingerprint density at radius 1 is 0.792 bits per heavy atom. The molecule has 0 aliphatic heterocycles. The van der Waals surface area contributed by atoms with E-state index >= 15 is 0 Å². The zero-order valence-corrected chi connectivity index (χ0v) is 12.8. The van der Waals surface area contributed by atoms with Crippen LogP contribution < -0.4 is 10.1 Å². The first-order valence-electron chi connectivity index (χ1n) is 7.53. The third kappa shape index (κ3) is 3.01. The molecule has 0 atom stereocenters. The summed E-state index contributed by atoms with van der Waals surface area (Å²) in [6.45, 7) is 0. The van der Waals surface area contributed by atoms with Crippen LogP contribution in [0.1, 0.15) is 0 Å². The number of hydrogen-bond acceptors (Lipinski definition) is 5. The molecule has 5 heteroatoms. The largest absolute Gasteiger partial charge is 0.456 e. The van der Waals surface area contributed by atoms with E-state index in [0.717, 1.165) is 28.2 Å². The maximum atomic E-state index is 5.74. The highest BCUT2D eigenvalue weighted by Gasteiger charge is 2.04. The quantitative estimate of drug-likeness (QED) is 0.598. The SMILES string of the molecule is c1cncc(Oc2ccc(Nc3ncnc4ccccc34)cc2)c1. The molecule has 5 nitrogen and oxygen atoms in total. The zero-order valence-electron chi connectivity index (χ0n) is 12.8. The second-order valence-corrected chi connectivity index (χ2v) is 5.18. The maximum absolute atomic E-state index is 5.74. The smallest absolute Gasteiger partial charge is 0.145 e. The fourth-order valence-corrected chi connectivity index (χ4v) is 2.39. The Labute approximate surface area is 139 Å². The predicted octanol–water partition coefficient (Wildman–Crippen LogP) is 4.56. The molecule has 4 rings (SSSR count). The lowest BCUT2D eigenvalue weighted by atomic mass is 10.2. The van der Waals surface area contributed by atoms with Gasteiger partial charge in [0.05, 0.1) is 11.7 Å². The minimum atomic E-state index is 0.708. The number of nitrogens with zero attached hydrogens (tertiary/aromatic N) is 3. The van der Waals surface area contributed by atoms with Crippen LogP contribution in [0.4, 0.5) is 11.5 Å². The third-order valence-corrected chi connectivity index (χ3v) is 3.53. The molecule has 2 aromatic carbocycles. The van der Waals surface area contributed by atoms with Crippen molar-refractivity contribution >= 4 is 22.4 Å². The highest BCUT2D eigenvalue weighted by atomic mass is 16.5. The first-order chi connectivity index (χ1) is 11.9. The monoisotopic (exact) mass is 314 g/mol. The Kier molecular flexibility index (Phi) is 3.73. The molecule has 0 amide bonds. The van der Waals surface area contributed by atoms with Crippen LogP contribution in [-0.4, -0.2) is 15.0 Å². The number of pyridine rings is 1. The zero-order chi connectivity index (χ0) is 16.2. The van der Waals surface area contributed by atoms with Crippen LogP contribution in [0.3, 0.4) is 0 Å². The van der Waals surface area contributed by atoms with Crippen LogP contribution >= 0.6 is 0 Å². The van der Waals surface area contributed by atoms with Crippen molar-refractivity contribution in [2.45, 2.75) is 0 Å². The van der Waals surface area contributed by atoms with Crippen molar-refractivity contribution in [3.05, 3.63) is 79.4 Å². The van der Waals surface area contributed by atoms with Crippen molar-refractivity contribution in [2.75, 3.05) is 5.32 Å². The van der Waals surface area contributed by atoms with E-state index in [-0.39, 0.29) is 0 Å². The Bertz CT molecular complexity index is 950. The predicted molar refractivity (Wildman–Crippen MR) is 93.6 cm³/mol. The number of hydrogen-bond donors (Lipinski definition) is 1. The summed E-state index contributed by atoms with van der Waals surface area (Å²) in [7, 11) is 0. The first kappa shape index (κ1) is 14.1. The molecule has 0 aliphatic rings. The van der Waals surface area contributed by atoms with Crippen molar-refractivity contribution < 1.29 is 4.74 Å². The molecule has 2 heterocycles. The maximum Gasteiger partial charge on any atom is 0.145 e. The van der Waals surface area contributed by atoms with Crippen molar-refractivity contribution in [3.63, 3.8) is 0 Å². The summed E-state index contributed by atoms with van der Waals surface area (Å²) < 4.78 is 5.74. The number of para-hydroxylation sites is 1. The van der Waals surface area contributed by atoms with Gasteiger partial charge in [-0.2, -0.15) is 0 Å². The number of nitrogens with one attached hydrogen (secondary N) is 1. The van der Waals surface area contributed by atoms with Gasteiger partial charge in [-0.15, -0.1) is 0 Å². The van der Waals surface area contributed by atoms with Gasteiger partial charge < -0.3 is 10.1 Å². The lowest BCUT2D eigenvalue weighted by Gasteiger charge is -2.09. The van der Waals surface area contributed by atoms with Gasteiger partial charge in [0.25, 0.3) is 0 Å². The molecule has 1 N–H and O–H groups in total. The molecule has 2 aromatic heterocycles. The molecule has 0 radical (unpaired) electrons. The van der Waals surface area contributed by atoms with Gasteiger partial charge in [-0.25, -0.2) is 9.97 Å². The lowest BCUT2D eigenvalue weighted by molar-refractivity contribution is 0.480. The van der Waals surface area contributed by atoms with Crippen molar-refractivity contribution in [2.24, 2.45) is 0 Å². The second-order valence-electron chi connectivity index (χ2n) is 5.18. The molecule has 4 aromatic rings. The molecule has 0 spiro atoms. The van der Waals surface area contributed by atoms with Crippen LogP contribution in [-0.2, 0) is 0 Å². The van der Waals surface area contributed by atoms with Crippen LogP contribution in [0.25, 0.3) is 10.9 Å². The van der Waals surface area contributed by atoms with Gasteiger partial charge in [-0.05, 0) is 48.5 Å². The molecular formula is C19H14N4O. The number of ether oxygens (including phenoxy) is 1. The van der Waals surface area contributed by atoms with Crippen molar-refractivity contribution in [1.29, 1.82) is 0 Å². The second kappa shape index (κ2) is 6.34. The summed E-state index contributed by atoms with van der Waals surface area (Å²) in [4.78, 5) is 12.6. The number of benzene rings is 2. The van der Waals surface area contributed by atoms with Gasteiger partial charge in [0.15, 0.2) is 0 Å². The lowest BCUT2D eigenvalue weighted by Crippen LogP contribution is -1.95. The molecule has 24 heavy (non-hydrogen) atoms. The Morgan fingerprint density at radius 2 is 1.67 bits per heavy atom. The number of rotatable bonds is 4. The molecule has 0 saturated heterocycles. The fraction of sp³-hybridized carbons (Fsp3) is 0. The highest BCUT2D eigenvalue weighted by Crippen LogP contribution is 2.25. The highest BCUT2D eigenvalue weighted by molar-refractivity contribution is 5.90. The fourth-order valence-electron chi connectivity index (χ4n) is 2.39. The molecule has 0 saturated carbocycles. The summed E-state index contributed by atoms with van der Waals surface area (Å²) in [5.41, 5.74) is 1.84. The molecule has 0 bridgehead atoms. The van der Waals surface area contributed by atoms with Gasteiger partial charge >= 0.3 is 0 Å². The summed E-state index contributed by atoms with van der Waals surface area (Å²) >= 11 is 0. The van der Waals surface area contributed by atoms with Crippen molar-refractivity contribution in [1.82, 2.24) is 15.0 Å². The number of fused-ring (bicyclic) bond motifs is 1. The standard InChI is InChI=1S/C19H14N4O/c1-2-6-18-17(5-1)19(22-13-21-18)23-14-7-9-15(10-8-14)24-16-4-3-11-20-12-16/h1-13H,(H,21,22,23). The summed E-state index contributed by atoms with van der Waals surface area (Å²) in [6.07, 6.45) is 4.95. The van der Waals surface area contributed by atoms with Crippen LogP contribution in [0.2, 0.25) is 0 Å². The molecule has 0 fully saturated rings. The van der Waals surface area contributed by atoms with Crippen LogP contribution in [0.15, 0.2) is 79.4 Å². The van der Waals surface area contributed by atoms with E-state index < -0.39 is 0 Å². The van der Waals surface area contributed by atoms with E-state index in [2.05, 4.69) is 20.3 Å². The Morgan fingerprint density at radius 3 is 2.50 bits per heavy atom. The minimum absolute atomic E-state index is 0.708. The normalized spacial score (nSPS) is 10.5. The van der Waals surface area contributed by atoms with E-state index in [1.807, 2.05) is 60.7 Å². The van der Waals surface area contributed by atoms with Gasteiger partial charge in [0.2, 0.25) is 0 Å². The van der Waals surface area contributed by atoms with Crippen LogP contribution in [0.5, 0.6) is 11.5 Å². The van der Waals surface area contributed by atoms with Gasteiger partial charge in [0.1, 0.15) is 23.6 Å². The summed E-state index contributed by atoms with van der Waals surface area (Å²) in [5, 5.41) is 4.30. The number of aromatic nitrogens is 3. The average molecular weight is 314 g/mol. The van der Waals surface area contributed by atoms with E-state index in [1.54, 1.807) is 18.7 Å². The van der Waals surface area contributed by atoms with Gasteiger partial charge in [-0.3, -0.25) is 4.98 Å². The van der Waals surface area contributed by atoms with E-state index in [1.165, 1.54) is 0 Å². The van der Waals surface area contributed by atoms with Gasteiger partial charge in [-0.1, -0.05) is 12.1 Å². The minimum Gasteiger partial charge on any atom is -0.456 e. The Balaban J connectivity index is 1.55. The average Bonchev–Trinajstić information content (AvgIpc) is 2.65. The summed E-state index contributed by atoms with van der Waals surface area (Å²) in [6, 6.07) is 19.3. The molecule has 116 valence electrons. The van der Waals surface area contributed by atoms with Gasteiger partial charge in [0, 0.05) is 17.3 Å². The number of anilines is 2. The molecular weight excluding hydrogens is 300 g/mol. The molecule has 0 unspecified atom stereocenters. The van der Waals surface area contributed by atoms with E-state index in [4.69, 9.17) is 4.74 Å².